The molecule has 0 unspecified atom stereocenters. The maximum atomic E-state index is 11.2. The first kappa shape index (κ1) is 14.6. The predicted molar refractivity (Wildman–Crippen MR) is 64.0 cm³/mol. The normalized spacial score (nSPS) is 9.94. The molecule has 5 nitrogen and oxygen atoms in total. The van der Waals surface area contributed by atoms with Crippen molar-refractivity contribution < 1.29 is 9.59 Å². The fourth-order valence-electron chi connectivity index (χ4n) is 1.06. The van der Waals surface area contributed by atoms with Crippen LogP contribution in [0.1, 0.15) is 20.3 Å². The van der Waals surface area contributed by atoms with Gasteiger partial charge >= 0.3 is 0 Å². The molecule has 0 saturated heterocycles. The van der Waals surface area contributed by atoms with Crippen LogP contribution in [0.3, 0.4) is 0 Å². The van der Waals surface area contributed by atoms with Crippen molar-refractivity contribution in [3.05, 3.63) is 12.7 Å². The number of amides is 2. The Labute approximate surface area is 96.7 Å². The molecule has 2 amide bonds. The highest BCUT2D eigenvalue weighted by Gasteiger charge is 2.04. The van der Waals surface area contributed by atoms with E-state index in [1.165, 1.54) is 0 Å². The Morgan fingerprint density at radius 1 is 1.31 bits per heavy atom. The summed E-state index contributed by atoms with van der Waals surface area (Å²) in [6.07, 6.45) is 1.99. The molecule has 0 aromatic carbocycles. The average Bonchev–Trinajstić information content (AvgIpc) is 2.17. The summed E-state index contributed by atoms with van der Waals surface area (Å²) < 4.78 is 0. The van der Waals surface area contributed by atoms with E-state index in [9.17, 15) is 9.59 Å². The highest BCUT2D eigenvalue weighted by atomic mass is 16.2. The zero-order chi connectivity index (χ0) is 12.4. The minimum atomic E-state index is -0.112. The molecule has 0 bridgehead atoms. The number of carbonyl (C=O) groups is 2. The molecule has 0 radical (unpaired) electrons. The van der Waals surface area contributed by atoms with E-state index in [1.807, 2.05) is 13.8 Å². The molecule has 0 aliphatic rings. The lowest BCUT2D eigenvalue weighted by molar-refractivity contribution is -0.122. The Bertz CT molecular complexity index is 239. The monoisotopic (exact) mass is 227 g/mol. The highest BCUT2D eigenvalue weighted by Crippen LogP contribution is 1.82. The van der Waals surface area contributed by atoms with Crippen LogP contribution in [0.5, 0.6) is 0 Å². The minimum Gasteiger partial charge on any atom is -0.354 e. The van der Waals surface area contributed by atoms with Gasteiger partial charge < -0.3 is 16.0 Å². The topological polar surface area (TPSA) is 70.2 Å². The third kappa shape index (κ3) is 9.21. The SMILES string of the molecule is C=CCNCC(=O)NCCC(=O)NC(C)C. The van der Waals surface area contributed by atoms with Gasteiger partial charge in [0.15, 0.2) is 0 Å². The van der Waals surface area contributed by atoms with Crippen molar-refractivity contribution in [2.75, 3.05) is 19.6 Å². The lowest BCUT2D eigenvalue weighted by Crippen LogP contribution is -2.37. The first-order valence-electron chi connectivity index (χ1n) is 5.44. The molecule has 0 spiro atoms. The smallest absolute Gasteiger partial charge is 0.233 e. The second-order valence-electron chi connectivity index (χ2n) is 3.74. The lowest BCUT2D eigenvalue weighted by atomic mass is 10.3. The van der Waals surface area contributed by atoms with Crippen LogP contribution in [0.15, 0.2) is 12.7 Å². The summed E-state index contributed by atoms with van der Waals surface area (Å²) >= 11 is 0. The molecule has 92 valence electrons. The fraction of sp³-hybridized carbons (Fsp3) is 0.636. The van der Waals surface area contributed by atoms with Crippen molar-refractivity contribution in [3.8, 4) is 0 Å². The van der Waals surface area contributed by atoms with Gasteiger partial charge in [-0.3, -0.25) is 9.59 Å². The minimum absolute atomic E-state index is 0.0469. The van der Waals surface area contributed by atoms with E-state index in [2.05, 4.69) is 22.5 Å². The molecule has 0 fully saturated rings. The van der Waals surface area contributed by atoms with Gasteiger partial charge in [0.05, 0.1) is 6.54 Å². The lowest BCUT2D eigenvalue weighted by Gasteiger charge is -2.09. The molecular formula is C11H21N3O2. The van der Waals surface area contributed by atoms with E-state index < -0.39 is 0 Å². The molecule has 0 saturated carbocycles. The van der Waals surface area contributed by atoms with Crippen molar-refractivity contribution in [3.63, 3.8) is 0 Å². The number of carbonyl (C=O) groups excluding carboxylic acids is 2. The quantitative estimate of drug-likeness (QED) is 0.397. The molecular weight excluding hydrogens is 206 g/mol. The van der Waals surface area contributed by atoms with Gasteiger partial charge in [0.2, 0.25) is 11.8 Å². The molecule has 0 aliphatic heterocycles. The van der Waals surface area contributed by atoms with Crippen LogP contribution in [0, 0.1) is 0 Å². The van der Waals surface area contributed by atoms with Gasteiger partial charge in [0, 0.05) is 25.6 Å². The van der Waals surface area contributed by atoms with E-state index in [1.54, 1.807) is 6.08 Å². The molecule has 3 N–H and O–H groups in total. The first-order valence-corrected chi connectivity index (χ1v) is 5.44. The van der Waals surface area contributed by atoms with Crippen molar-refractivity contribution in [1.29, 1.82) is 0 Å². The molecule has 0 atom stereocenters. The van der Waals surface area contributed by atoms with Gasteiger partial charge in [-0.25, -0.2) is 0 Å². The third-order valence-electron chi connectivity index (χ3n) is 1.70. The summed E-state index contributed by atoms with van der Waals surface area (Å²) in [6.45, 7) is 8.53. The molecule has 5 heteroatoms. The Balaban J connectivity index is 3.46. The number of hydrogen-bond acceptors (Lipinski definition) is 3. The van der Waals surface area contributed by atoms with Gasteiger partial charge in [-0.2, -0.15) is 0 Å². The van der Waals surface area contributed by atoms with Crippen molar-refractivity contribution >= 4 is 11.8 Å². The zero-order valence-electron chi connectivity index (χ0n) is 10.0. The first-order chi connectivity index (χ1) is 7.56. The van der Waals surface area contributed by atoms with Crippen LogP contribution in [-0.4, -0.2) is 37.5 Å². The van der Waals surface area contributed by atoms with E-state index in [4.69, 9.17) is 0 Å². The zero-order valence-corrected chi connectivity index (χ0v) is 10.0. The summed E-state index contributed by atoms with van der Waals surface area (Å²) in [5.41, 5.74) is 0. The summed E-state index contributed by atoms with van der Waals surface area (Å²) in [4.78, 5) is 22.4. The van der Waals surface area contributed by atoms with Crippen LogP contribution in [-0.2, 0) is 9.59 Å². The van der Waals surface area contributed by atoms with Gasteiger partial charge in [0.25, 0.3) is 0 Å². The largest absolute Gasteiger partial charge is 0.354 e. The second kappa shape index (κ2) is 8.91. The molecule has 0 aromatic rings. The Kier molecular flexibility index (Phi) is 8.15. The Morgan fingerprint density at radius 2 is 2.00 bits per heavy atom. The fourth-order valence-corrected chi connectivity index (χ4v) is 1.06. The molecule has 16 heavy (non-hydrogen) atoms. The average molecular weight is 227 g/mol. The van der Waals surface area contributed by atoms with Crippen LogP contribution >= 0.6 is 0 Å². The second-order valence-corrected chi connectivity index (χ2v) is 3.74. The molecule has 0 aromatic heterocycles. The van der Waals surface area contributed by atoms with E-state index >= 15 is 0 Å². The predicted octanol–water partition coefficient (Wildman–Crippen LogP) is -0.207. The Morgan fingerprint density at radius 3 is 2.56 bits per heavy atom. The van der Waals surface area contributed by atoms with Crippen molar-refractivity contribution in [2.24, 2.45) is 0 Å². The highest BCUT2D eigenvalue weighted by molar-refractivity contribution is 5.80. The molecule has 0 heterocycles. The summed E-state index contributed by atoms with van der Waals surface area (Å²) in [7, 11) is 0. The van der Waals surface area contributed by atoms with Gasteiger partial charge in [-0.05, 0) is 13.8 Å². The van der Waals surface area contributed by atoms with Gasteiger partial charge in [0.1, 0.15) is 0 Å². The van der Waals surface area contributed by atoms with Gasteiger partial charge in [-0.15, -0.1) is 6.58 Å². The summed E-state index contributed by atoms with van der Waals surface area (Å²) in [5.74, 6) is -0.159. The van der Waals surface area contributed by atoms with Crippen LogP contribution in [0.4, 0.5) is 0 Å². The van der Waals surface area contributed by atoms with E-state index in [0.29, 0.717) is 19.5 Å². The maximum absolute atomic E-state index is 11.2. The molecule has 0 aliphatic carbocycles. The Hall–Kier alpha value is -1.36. The maximum Gasteiger partial charge on any atom is 0.233 e. The molecule has 0 rings (SSSR count). The van der Waals surface area contributed by atoms with Crippen molar-refractivity contribution in [2.45, 2.75) is 26.3 Å². The number of nitrogens with one attached hydrogen (secondary N) is 3. The van der Waals surface area contributed by atoms with Crippen LogP contribution in [0.2, 0.25) is 0 Å². The number of hydrogen-bond donors (Lipinski definition) is 3. The van der Waals surface area contributed by atoms with Gasteiger partial charge in [-0.1, -0.05) is 6.08 Å². The van der Waals surface area contributed by atoms with Crippen molar-refractivity contribution in [1.82, 2.24) is 16.0 Å². The summed E-state index contributed by atoms with van der Waals surface area (Å²) in [6, 6.07) is 0.137. The van der Waals surface area contributed by atoms with E-state index in [0.717, 1.165) is 0 Å². The van der Waals surface area contributed by atoms with Crippen LogP contribution in [0.25, 0.3) is 0 Å². The van der Waals surface area contributed by atoms with E-state index in [-0.39, 0.29) is 24.4 Å². The number of rotatable bonds is 8. The summed E-state index contributed by atoms with van der Waals surface area (Å²) in [5, 5.41) is 8.27. The van der Waals surface area contributed by atoms with Crippen LogP contribution < -0.4 is 16.0 Å². The standard InChI is InChI=1S/C11H21N3O2/c1-4-6-12-8-11(16)13-7-5-10(15)14-9(2)3/h4,9,12H,1,5-8H2,2-3H3,(H,13,16)(H,14,15). The third-order valence-corrected chi connectivity index (χ3v) is 1.70.